The van der Waals surface area contributed by atoms with Crippen LogP contribution in [0.3, 0.4) is 0 Å². The maximum atomic E-state index is 11.3. The molecular weight excluding hydrogens is 386 g/mol. The molecule has 0 fully saturated rings. The predicted octanol–water partition coefficient (Wildman–Crippen LogP) is 3.93. The molecule has 0 saturated carbocycles. The fourth-order valence-electron chi connectivity index (χ4n) is 2.85. The zero-order valence-corrected chi connectivity index (χ0v) is 16.1. The molecule has 1 heterocycles. The third kappa shape index (κ3) is 5.13. The van der Waals surface area contributed by atoms with Crippen molar-refractivity contribution in [1.82, 2.24) is 4.98 Å². The second kappa shape index (κ2) is 9.08. The van der Waals surface area contributed by atoms with Crippen molar-refractivity contribution in [3.63, 3.8) is 0 Å². The van der Waals surface area contributed by atoms with Crippen LogP contribution < -0.4 is 9.61 Å². The van der Waals surface area contributed by atoms with E-state index in [0.717, 1.165) is 22.5 Å². The van der Waals surface area contributed by atoms with Gasteiger partial charge < -0.3 is 14.9 Å². The van der Waals surface area contributed by atoms with Gasteiger partial charge in [0.15, 0.2) is 0 Å². The Kier molecular flexibility index (Phi) is 6.55. The maximum absolute atomic E-state index is 11.3. The number of thiazole rings is 1. The molecular formula is C20H20ClNO4S. The zero-order valence-electron chi connectivity index (χ0n) is 14.5. The van der Waals surface area contributed by atoms with E-state index in [-0.39, 0.29) is 23.3 Å². The second-order valence-corrected chi connectivity index (χ2v) is 7.62. The molecule has 1 atom stereocenters. The number of aromatic hydroxyl groups is 1. The number of halogens is 1. The Hall–Kier alpha value is -2.28. The van der Waals surface area contributed by atoms with Gasteiger partial charge in [-0.1, -0.05) is 53.3 Å². The Labute approximate surface area is 165 Å². The van der Waals surface area contributed by atoms with Crippen LogP contribution in [0.5, 0.6) is 11.6 Å². The van der Waals surface area contributed by atoms with Gasteiger partial charge in [0.25, 0.3) is 0 Å². The molecule has 0 radical (unpaired) electrons. The molecule has 5 nitrogen and oxygen atoms in total. The third-order valence-corrected chi connectivity index (χ3v) is 5.48. The van der Waals surface area contributed by atoms with E-state index in [1.54, 1.807) is 0 Å². The smallest absolute Gasteiger partial charge is 0.307 e. The lowest BCUT2D eigenvalue weighted by atomic mass is 9.97. The van der Waals surface area contributed by atoms with Gasteiger partial charge in [-0.2, -0.15) is 0 Å². The summed E-state index contributed by atoms with van der Waals surface area (Å²) in [6.45, 7) is 0.463. The fraction of sp³-hybridized carbons (Fsp3) is 0.250. The highest BCUT2D eigenvalue weighted by Gasteiger charge is 2.15. The van der Waals surface area contributed by atoms with Gasteiger partial charge in [0.1, 0.15) is 5.75 Å². The van der Waals surface area contributed by atoms with Crippen LogP contribution in [0.15, 0.2) is 53.3 Å². The Morgan fingerprint density at radius 1 is 1.15 bits per heavy atom. The summed E-state index contributed by atoms with van der Waals surface area (Å²) >= 11 is 7.27. The van der Waals surface area contributed by atoms with Crippen molar-refractivity contribution in [2.24, 2.45) is 0 Å². The van der Waals surface area contributed by atoms with Crippen LogP contribution in [0.1, 0.15) is 28.3 Å². The fourth-order valence-corrected chi connectivity index (χ4v) is 3.90. The number of rotatable bonds is 8. The van der Waals surface area contributed by atoms with E-state index in [1.165, 1.54) is 0 Å². The number of aliphatic hydroxyl groups excluding tert-OH is 1. The lowest BCUT2D eigenvalue weighted by molar-refractivity contribution is 0.232. The Balaban J connectivity index is 1.64. The van der Waals surface area contributed by atoms with E-state index >= 15 is 0 Å². The number of aromatic amines is 1. The molecule has 3 N–H and O–H groups in total. The number of hydrogen-bond acceptors (Lipinski definition) is 5. The van der Waals surface area contributed by atoms with E-state index in [0.29, 0.717) is 35.1 Å². The first-order valence-corrected chi connectivity index (χ1v) is 9.74. The molecule has 0 amide bonds. The number of ether oxygens (including phenoxy) is 1. The van der Waals surface area contributed by atoms with Gasteiger partial charge in [-0.3, -0.25) is 9.78 Å². The van der Waals surface area contributed by atoms with Crippen LogP contribution in [0.2, 0.25) is 5.02 Å². The van der Waals surface area contributed by atoms with Crippen LogP contribution in [-0.4, -0.2) is 28.4 Å². The molecule has 7 heteroatoms. The molecule has 0 saturated heterocycles. The van der Waals surface area contributed by atoms with E-state index in [9.17, 15) is 15.0 Å². The van der Waals surface area contributed by atoms with Crippen molar-refractivity contribution < 1.29 is 14.9 Å². The molecule has 0 aliphatic carbocycles. The summed E-state index contributed by atoms with van der Waals surface area (Å²) in [5, 5.41) is 19.7. The first kappa shape index (κ1) is 19.5. The van der Waals surface area contributed by atoms with Gasteiger partial charge in [0, 0.05) is 24.0 Å². The highest BCUT2D eigenvalue weighted by atomic mass is 35.5. The monoisotopic (exact) mass is 405 g/mol. The normalized spacial score (nSPS) is 12.1. The Morgan fingerprint density at radius 3 is 2.52 bits per heavy atom. The van der Waals surface area contributed by atoms with Gasteiger partial charge in [0.05, 0.1) is 11.5 Å². The Morgan fingerprint density at radius 2 is 1.89 bits per heavy atom. The summed E-state index contributed by atoms with van der Waals surface area (Å²) in [6, 6.07) is 15.1. The van der Waals surface area contributed by atoms with Gasteiger partial charge in [-0.05, 0) is 35.7 Å². The number of hydrogen-bond donors (Lipinski definition) is 3. The lowest BCUT2D eigenvalue weighted by Crippen LogP contribution is -2.12. The van der Waals surface area contributed by atoms with Crippen molar-refractivity contribution in [3.05, 3.63) is 79.2 Å². The highest BCUT2D eigenvalue weighted by molar-refractivity contribution is 7.09. The van der Waals surface area contributed by atoms with Gasteiger partial charge >= 0.3 is 4.87 Å². The molecule has 0 spiro atoms. The molecule has 3 aromatic rings. The van der Waals surface area contributed by atoms with E-state index in [4.69, 9.17) is 16.3 Å². The summed E-state index contributed by atoms with van der Waals surface area (Å²) in [4.78, 5) is 14.0. The predicted molar refractivity (Wildman–Crippen MR) is 107 cm³/mol. The van der Waals surface area contributed by atoms with E-state index < -0.39 is 0 Å². The van der Waals surface area contributed by atoms with Crippen LogP contribution in [0.4, 0.5) is 0 Å². The molecule has 2 aromatic carbocycles. The number of aromatic nitrogens is 1. The van der Waals surface area contributed by atoms with Crippen LogP contribution in [0, 0.1) is 0 Å². The molecule has 0 bridgehead atoms. The topological polar surface area (TPSA) is 82.6 Å². The minimum absolute atomic E-state index is 0.00236. The second-order valence-electron chi connectivity index (χ2n) is 6.15. The minimum Gasteiger partial charge on any atom is -0.494 e. The average Bonchev–Trinajstić information content (AvgIpc) is 2.97. The summed E-state index contributed by atoms with van der Waals surface area (Å²) in [5.41, 5.74) is 1.92. The maximum Gasteiger partial charge on any atom is 0.307 e. The Bertz CT molecular complexity index is 936. The lowest BCUT2D eigenvalue weighted by Gasteiger charge is -2.18. The zero-order chi connectivity index (χ0) is 19.2. The van der Waals surface area contributed by atoms with Crippen LogP contribution in [0.25, 0.3) is 0 Å². The number of aliphatic hydroxyl groups is 1. The number of H-pyrrole nitrogens is 1. The average molecular weight is 406 g/mol. The summed E-state index contributed by atoms with van der Waals surface area (Å²) in [5.74, 6) is 0.634. The standard InChI is InChI=1S/C20H20ClNO4S/c21-17-4-2-1-3-16(17)14(9-10-23)12-26-15-7-5-13(6-8-15)11-18-19(24)22-20(25)27-18/h1-8,14,23-24H,9-12H2,(H,22,25). The molecule has 27 heavy (non-hydrogen) atoms. The quantitative estimate of drug-likeness (QED) is 0.530. The van der Waals surface area contributed by atoms with Gasteiger partial charge in [-0.25, -0.2) is 0 Å². The van der Waals surface area contributed by atoms with Crippen LogP contribution in [-0.2, 0) is 6.42 Å². The molecule has 142 valence electrons. The SMILES string of the molecule is O=c1[nH]c(O)c(Cc2ccc(OCC(CCO)c3ccccc3Cl)cc2)s1. The van der Waals surface area contributed by atoms with Crippen molar-refractivity contribution >= 4 is 22.9 Å². The van der Waals surface area contributed by atoms with Crippen LogP contribution >= 0.6 is 22.9 Å². The first-order valence-electron chi connectivity index (χ1n) is 8.54. The highest BCUT2D eigenvalue weighted by Crippen LogP contribution is 2.28. The largest absolute Gasteiger partial charge is 0.494 e. The number of nitrogens with one attached hydrogen (secondary N) is 1. The van der Waals surface area contributed by atoms with Crippen molar-refractivity contribution in [1.29, 1.82) is 0 Å². The van der Waals surface area contributed by atoms with Gasteiger partial charge in [0.2, 0.25) is 5.88 Å². The summed E-state index contributed by atoms with van der Waals surface area (Å²) in [6.07, 6.45) is 1.04. The molecule has 3 rings (SSSR count). The molecule has 1 aromatic heterocycles. The molecule has 0 aliphatic heterocycles. The van der Waals surface area contributed by atoms with Crippen molar-refractivity contribution in [2.75, 3.05) is 13.2 Å². The van der Waals surface area contributed by atoms with E-state index in [1.807, 2.05) is 48.5 Å². The number of benzene rings is 2. The minimum atomic E-state index is -0.267. The summed E-state index contributed by atoms with van der Waals surface area (Å²) < 4.78 is 5.89. The van der Waals surface area contributed by atoms with Crippen molar-refractivity contribution in [2.45, 2.75) is 18.8 Å². The molecule has 0 aliphatic rings. The van der Waals surface area contributed by atoms with E-state index in [2.05, 4.69) is 4.98 Å². The third-order valence-electron chi connectivity index (χ3n) is 4.26. The summed E-state index contributed by atoms with van der Waals surface area (Å²) in [7, 11) is 0. The molecule has 1 unspecified atom stereocenters. The van der Waals surface area contributed by atoms with Gasteiger partial charge in [-0.15, -0.1) is 0 Å². The first-order chi connectivity index (χ1) is 13.1. The van der Waals surface area contributed by atoms with Crippen molar-refractivity contribution in [3.8, 4) is 11.6 Å².